The molecule has 8 nitrogen and oxygen atoms in total. The fourth-order valence-corrected chi connectivity index (χ4v) is 5.36. The van der Waals surface area contributed by atoms with Crippen LogP contribution in [0.2, 0.25) is 5.02 Å². The topological polar surface area (TPSA) is 113 Å². The molecule has 3 aromatic rings. The van der Waals surface area contributed by atoms with E-state index in [-0.39, 0.29) is 35.9 Å². The van der Waals surface area contributed by atoms with Crippen molar-refractivity contribution < 1.29 is 18.7 Å². The van der Waals surface area contributed by atoms with E-state index in [9.17, 15) is 18.8 Å². The molecule has 0 atom stereocenters. The van der Waals surface area contributed by atoms with Crippen LogP contribution < -0.4 is 16.2 Å². The van der Waals surface area contributed by atoms with Crippen LogP contribution in [0, 0.1) is 11.7 Å². The number of benzene rings is 1. The highest BCUT2D eigenvalue weighted by Crippen LogP contribution is 2.26. The molecule has 2 amide bonds. The van der Waals surface area contributed by atoms with Gasteiger partial charge in [0.25, 0.3) is 11.5 Å². The number of halogens is 2. The number of rotatable bonds is 8. The number of fused-ring (bicyclic) bond motifs is 1. The summed E-state index contributed by atoms with van der Waals surface area (Å²) in [6, 6.07) is 4.41. The number of thiophene rings is 1. The maximum atomic E-state index is 13.3. The maximum absolute atomic E-state index is 13.3. The molecule has 1 fully saturated rings. The molecule has 3 N–H and O–H groups in total. The van der Waals surface area contributed by atoms with Gasteiger partial charge in [-0.1, -0.05) is 17.7 Å². The standard InChI is InChI=1S/C24H26ClFN4O4S/c1-13(31)28-17-5-2-14(3-6-17)10-34-11-16-12-35-24-20(16)22(32)29-21(30-24)23(33)27-9-15-4-7-19(26)18(25)8-15/h4,7-8,12,14,17H,2-3,5-6,9-11H2,1H3,(H,27,33)(H,28,31)(H,29,30,32). The van der Waals surface area contributed by atoms with Crippen LogP contribution in [0.15, 0.2) is 28.4 Å². The summed E-state index contributed by atoms with van der Waals surface area (Å²) in [5.41, 5.74) is 0.951. The van der Waals surface area contributed by atoms with Gasteiger partial charge in [0.05, 0.1) is 17.0 Å². The van der Waals surface area contributed by atoms with Crippen LogP contribution in [0.5, 0.6) is 0 Å². The Morgan fingerprint density at radius 2 is 2.06 bits per heavy atom. The Balaban J connectivity index is 1.32. The van der Waals surface area contributed by atoms with Crippen molar-refractivity contribution in [3.8, 4) is 0 Å². The third-order valence-electron chi connectivity index (χ3n) is 6.04. The lowest BCUT2D eigenvalue weighted by atomic mass is 9.86. The van der Waals surface area contributed by atoms with Crippen molar-refractivity contribution in [2.24, 2.45) is 5.92 Å². The second kappa shape index (κ2) is 11.3. The molecule has 0 unspecified atom stereocenters. The van der Waals surface area contributed by atoms with Crippen molar-refractivity contribution >= 4 is 45.0 Å². The van der Waals surface area contributed by atoms with Gasteiger partial charge >= 0.3 is 0 Å². The number of nitrogens with one attached hydrogen (secondary N) is 3. The van der Waals surface area contributed by atoms with E-state index in [4.69, 9.17) is 16.3 Å². The molecule has 4 rings (SSSR count). The average Bonchev–Trinajstić information content (AvgIpc) is 3.24. The molecule has 2 aromatic heterocycles. The van der Waals surface area contributed by atoms with Gasteiger partial charge in [-0.3, -0.25) is 14.4 Å². The minimum atomic E-state index is -0.550. The van der Waals surface area contributed by atoms with Crippen LogP contribution in [0.3, 0.4) is 0 Å². The molecule has 1 saturated carbocycles. The summed E-state index contributed by atoms with van der Waals surface area (Å²) in [6.45, 7) is 2.52. The first-order valence-corrected chi connectivity index (χ1v) is 12.6. The fourth-order valence-electron chi connectivity index (χ4n) is 4.23. The smallest absolute Gasteiger partial charge is 0.287 e. The number of H-pyrrole nitrogens is 1. The number of amides is 2. The Hall–Kier alpha value is -2.82. The predicted octanol–water partition coefficient (Wildman–Crippen LogP) is 3.92. The average molecular weight is 521 g/mol. The van der Waals surface area contributed by atoms with Gasteiger partial charge in [-0.25, -0.2) is 9.37 Å². The summed E-state index contributed by atoms with van der Waals surface area (Å²) in [5.74, 6) is -0.754. The highest BCUT2D eigenvalue weighted by atomic mass is 35.5. The van der Waals surface area contributed by atoms with E-state index in [1.807, 2.05) is 5.38 Å². The lowest BCUT2D eigenvalue weighted by molar-refractivity contribution is -0.119. The van der Waals surface area contributed by atoms with Gasteiger partial charge in [0.15, 0.2) is 0 Å². The van der Waals surface area contributed by atoms with Crippen LogP contribution in [0.25, 0.3) is 10.2 Å². The zero-order chi connectivity index (χ0) is 24.9. The lowest BCUT2D eigenvalue weighted by Gasteiger charge is -2.28. The molecule has 11 heteroatoms. The molecule has 0 spiro atoms. The second-order valence-electron chi connectivity index (χ2n) is 8.72. The molecule has 1 aromatic carbocycles. The molecule has 1 aliphatic carbocycles. The van der Waals surface area contributed by atoms with Gasteiger partial charge < -0.3 is 20.4 Å². The van der Waals surface area contributed by atoms with Crippen molar-refractivity contribution in [2.75, 3.05) is 6.61 Å². The van der Waals surface area contributed by atoms with Crippen molar-refractivity contribution in [3.05, 3.63) is 61.7 Å². The van der Waals surface area contributed by atoms with Crippen molar-refractivity contribution in [3.63, 3.8) is 0 Å². The summed E-state index contributed by atoms with van der Waals surface area (Å²) >= 11 is 7.05. The minimum Gasteiger partial charge on any atom is -0.376 e. The van der Waals surface area contributed by atoms with E-state index >= 15 is 0 Å². The molecule has 0 bridgehead atoms. The number of hydrogen-bond donors (Lipinski definition) is 3. The molecule has 35 heavy (non-hydrogen) atoms. The summed E-state index contributed by atoms with van der Waals surface area (Å²) in [6.07, 6.45) is 3.86. The summed E-state index contributed by atoms with van der Waals surface area (Å²) in [5, 5.41) is 7.83. The first-order chi connectivity index (χ1) is 16.8. The Kier molecular flexibility index (Phi) is 8.15. The molecule has 2 heterocycles. The Bertz CT molecular complexity index is 1290. The quantitative estimate of drug-likeness (QED) is 0.416. The number of ether oxygens (including phenoxy) is 1. The van der Waals surface area contributed by atoms with Gasteiger partial charge in [-0.2, -0.15) is 0 Å². The number of carbonyl (C=O) groups is 2. The Morgan fingerprint density at radius 3 is 2.77 bits per heavy atom. The van der Waals surface area contributed by atoms with Crippen LogP contribution >= 0.6 is 22.9 Å². The van der Waals surface area contributed by atoms with Gasteiger partial charge in [0.1, 0.15) is 10.6 Å². The molecular weight excluding hydrogens is 495 g/mol. The lowest BCUT2D eigenvalue weighted by Crippen LogP contribution is -2.36. The van der Waals surface area contributed by atoms with E-state index in [1.165, 1.54) is 36.5 Å². The number of carbonyl (C=O) groups excluding carboxylic acids is 2. The third kappa shape index (κ3) is 6.45. The number of aromatic amines is 1. The van der Waals surface area contributed by atoms with E-state index in [0.717, 1.165) is 31.2 Å². The zero-order valence-corrected chi connectivity index (χ0v) is 20.7. The highest BCUT2D eigenvalue weighted by molar-refractivity contribution is 7.16. The first kappa shape index (κ1) is 25.3. The summed E-state index contributed by atoms with van der Waals surface area (Å²) < 4.78 is 19.2. The van der Waals surface area contributed by atoms with Gasteiger partial charge in [-0.05, 0) is 54.7 Å². The van der Waals surface area contributed by atoms with Crippen molar-refractivity contribution in [1.29, 1.82) is 0 Å². The number of aromatic nitrogens is 2. The van der Waals surface area contributed by atoms with Gasteiger partial charge in [0.2, 0.25) is 11.7 Å². The molecule has 0 aliphatic heterocycles. The molecule has 1 aliphatic rings. The van der Waals surface area contributed by atoms with Crippen LogP contribution in [0.1, 0.15) is 54.4 Å². The van der Waals surface area contributed by atoms with E-state index in [1.54, 1.807) is 0 Å². The van der Waals surface area contributed by atoms with E-state index in [0.29, 0.717) is 28.3 Å². The van der Waals surface area contributed by atoms with Crippen molar-refractivity contribution in [1.82, 2.24) is 20.6 Å². The summed E-state index contributed by atoms with van der Waals surface area (Å²) in [4.78, 5) is 43.7. The van der Waals surface area contributed by atoms with E-state index < -0.39 is 17.3 Å². The third-order valence-corrected chi connectivity index (χ3v) is 7.25. The van der Waals surface area contributed by atoms with Crippen LogP contribution in [-0.4, -0.2) is 34.4 Å². The Morgan fingerprint density at radius 1 is 1.29 bits per heavy atom. The normalized spacial score (nSPS) is 17.9. The zero-order valence-electron chi connectivity index (χ0n) is 19.2. The molecular formula is C24H26ClFN4O4S. The van der Waals surface area contributed by atoms with Gasteiger partial charge in [-0.15, -0.1) is 11.3 Å². The fraction of sp³-hybridized carbons (Fsp3) is 0.417. The SMILES string of the molecule is CC(=O)NC1CCC(COCc2csc3nc(C(=O)NCc4ccc(F)c(Cl)c4)[nH]c(=O)c23)CC1. The first-order valence-electron chi connectivity index (χ1n) is 11.4. The highest BCUT2D eigenvalue weighted by Gasteiger charge is 2.22. The van der Waals surface area contributed by atoms with E-state index in [2.05, 4.69) is 20.6 Å². The predicted molar refractivity (Wildman–Crippen MR) is 132 cm³/mol. The largest absolute Gasteiger partial charge is 0.376 e. The monoisotopic (exact) mass is 520 g/mol. The van der Waals surface area contributed by atoms with Crippen LogP contribution in [0.4, 0.5) is 4.39 Å². The second-order valence-corrected chi connectivity index (χ2v) is 9.99. The van der Waals surface area contributed by atoms with Crippen LogP contribution in [-0.2, 0) is 22.7 Å². The summed E-state index contributed by atoms with van der Waals surface area (Å²) in [7, 11) is 0. The maximum Gasteiger partial charge on any atom is 0.287 e. The number of nitrogens with zero attached hydrogens (tertiary/aromatic N) is 1. The number of hydrogen-bond acceptors (Lipinski definition) is 6. The molecule has 186 valence electrons. The Labute approximate surface area is 210 Å². The van der Waals surface area contributed by atoms with Gasteiger partial charge in [0, 0.05) is 31.7 Å². The molecule has 0 saturated heterocycles. The van der Waals surface area contributed by atoms with Crippen molar-refractivity contribution in [2.45, 2.75) is 51.8 Å². The minimum absolute atomic E-state index is 0.00583. The molecule has 0 radical (unpaired) electrons.